The molecule has 0 bridgehead atoms. The Morgan fingerprint density at radius 3 is 2.31 bits per heavy atom. The van der Waals surface area contributed by atoms with Gasteiger partial charge in [-0.3, -0.25) is 14.5 Å². The lowest BCUT2D eigenvalue weighted by Crippen LogP contribution is -2.31. The fourth-order valence-electron chi connectivity index (χ4n) is 4.70. The Kier molecular flexibility index (Phi) is 5.96. The number of amides is 2. The third kappa shape index (κ3) is 4.36. The van der Waals surface area contributed by atoms with Gasteiger partial charge in [0.05, 0.1) is 17.7 Å². The third-order valence-corrected chi connectivity index (χ3v) is 6.41. The Morgan fingerprint density at radius 1 is 1.00 bits per heavy atom. The predicted molar refractivity (Wildman–Crippen MR) is 127 cm³/mol. The third-order valence-electron chi connectivity index (χ3n) is 6.41. The van der Waals surface area contributed by atoms with Crippen LogP contribution in [0.4, 0.5) is 4.39 Å². The largest absolute Gasteiger partial charge is 0.269 e. The van der Waals surface area contributed by atoms with E-state index in [9.17, 15) is 14.0 Å². The van der Waals surface area contributed by atoms with Gasteiger partial charge < -0.3 is 0 Å². The van der Waals surface area contributed by atoms with Crippen molar-refractivity contribution >= 4 is 24.0 Å². The minimum Gasteiger partial charge on any atom is -0.269 e. The summed E-state index contributed by atoms with van der Waals surface area (Å²) in [5.41, 5.74) is 5.29. The molecule has 32 heavy (non-hydrogen) atoms. The van der Waals surface area contributed by atoms with Gasteiger partial charge in [0.15, 0.2) is 0 Å². The molecule has 164 valence electrons. The van der Waals surface area contributed by atoms with Crippen molar-refractivity contribution < 1.29 is 14.0 Å². The molecule has 1 aliphatic carbocycles. The minimum absolute atomic E-state index is 0.162. The van der Waals surface area contributed by atoms with Gasteiger partial charge in [-0.1, -0.05) is 61.9 Å². The van der Waals surface area contributed by atoms with E-state index in [4.69, 9.17) is 0 Å². The second-order valence-electron chi connectivity index (χ2n) is 9.27. The molecule has 2 aromatic carbocycles. The van der Waals surface area contributed by atoms with Gasteiger partial charge in [0, 0.05) is 0 Å². The summed E-state index contributed by atoms with van der Waals surface area (Å²) in [6.45, 7) is 6.40. The maximum atomic E-state index is 14.8. The molecule has 0 fully saturated rings. The lowest BCUT2D eigenvalue weighted by atomic mass is 9.72. The van der Waals surface area contributed by atoms with E-state index < -0.39 is 17.6 Å². The highest BCUT2D eigenvalue weighted by atomic mass is 19.1. The topological polar surface area (TPSA) is 37.4 Å². The Balaban J connectivity index is 1.50. The van der Waals surface area contributed by atoms with E-state index in [0.717, 1.165) is 16.9 Å². The van der Waals surface area contributed by atoms with Crippen molar-refractivity contribution in [2.24, 2.45) is 5.41 Å². The molecule has 4 rings (SSSR count). The van der Waals surface area contributed by atoms with Crippen LogP contribution in [0.2, 0.25) is 0 Å². The molecule has 0 saturated heterocycles. The van der Waals surface area contributed by atoms with Gasteiger partial charge >= 0.3 is 0 Å². The summed E-state index contributed by atoms with van der Waals surface area (Å²) in [6, 6.07) is 14.2. The van der Waals surface area contributed by atoms with E-state index in [1.807, 2.05) is 24.3 Å². The van der Waals surface area contributed by atoms with Gasteiger partial charge in [-0.2, -0.15) is 0 Å². The Bertz CT molecular complexity index is 1130. The molecule has 0 atom stereocenters. The molecule has 2 amide bonds. The predicted octanol–water partition coefficient (Wildman–Crippen LogP) is 6.83. The Morgan fingerprint density at radius 2 is 1.66 bits per heavy atom. The monoisotopic (exact) mass is 429 g/mol. The average Bonchev–Trinajstić information content (AvgIpc) is 2.98. The number of hydrogen-bond donors (Lipinski definition) is 0. The summed E-state index contributed by atoms with van der Waals surface area (Å²) >= 11 is 0. The summed E-state index contributed by atoms with van der Waals surface area (Å²) < 4.78 is 14.8. The van der Waals surface area contributed by atoms with E-state index in [-0.39, 0.29) is 12.0 Å². The molecule has 1 heterocycles. The van der Waals surface area contributed by atoms with Crippen LogP contribution < -0.4 is 0 Å². The molecule has 0 spiro atoms. The number of allylic oxidation sites excluding steroid dienone is 3. The van der Waals surface area contributed by atoms with Gasteiger partial charge in [0.25, 0.3) is 11.8 Å². The standard InChI is InChI=1S/C28H28FNO2/c1-19-8-7-15-28(2,3)25(19)14-13-20-9-6-10-21(16-20)17-22(29)18-30-26(31)23-11-4-5-12-24(23)27(30)32/h4-6,9-14,16-17H,7-8,15,18H2,1-3H3/b14-13+,22-17+. The van der Waals surface area contributed by atoms with Crippen molar-refractivity contribution in [2.45, 2.75) is 40.0 Å². The molecule has 0 aromatic heterocycles. The molecule has 3 nitrogen and oxygen atoms in total. The van der Waals surface area contributed by atoms with Crippen LogP contribution in [0.25, 0.3) is 12.2 Å². The van der Waals surface area contributed by atoms with E-state index >= 15 is 0 Å². The highest BCUT2D eigenvalue weighted by molar-refractivity contribution is 6.21. The van der Waals surface area contributed by atoms with Crippen LogP contribution in [0, 0.1) is 5.41 Å². The highest BCUT2D eigenvalue weighted by Crippen LogP contribution is 2.41. The zero-order chi connectivity index (χ0) is 22.9. The molecule has 0 saturated carbocycles. The van der Waals surface area contributed by atoms with Crippen LogP contribution in [0.15, 0.2) is 71.6 Å². The number of carbonyl (C=O) groups excluding carboxylic acids is 2. The van der Waals surface area contributed by atoms with Crippen molar-refractivity contribution in [3.8, 4) is 0 Å². The average molecular weight is 430 g/mol. The number of carbonyl (C=O) groups is 2. The van der Waals surface area contributed by atoms with Crippen LogP contribution >= 0.6 is 0 Å². The first-order valence-electron chi connectivity index (χ1n) is 11.1. The maximum Gasteiger partial charge on any atom is 0.261 e. The minimum atomic E-state index is -0.535. The number of nitrogens with zero attached hydrogens (tertiary/aromatic N) is 1. The van der Waals surface area contributed by atoms with Crippen LogP contribution in [0.1, 0.15) is 71.9 Å². The number of imide groups is 1. The molecular weight excluding hydrogens is 401 g/mol. The highest BCUT2D eigenvalue weighted by Gasteiger charge is 2.35. The summed E-state index contributed by atoms with van der Waals surface area (Å²) in [5.74, 6) is -1.44. The molecule has 2 aromatic rings. The molecular formula is C28H28FNO2. The summed E-state index contributed by atoms with van der Waals surface area (Å²) in [5, 5.41) is 0. The summed E-state index contributed by atoms with van der Waals surface area (Å²) in [4.78, 5) is 25.9. The van der Waals surface area contributed by atoms with Crippen LogP contribution in [0.3, 0.4) is 0 Å². The molecule has 4 heteroatoms. The maximum absolute atomic E-state index is 14.8. The number of fused-ring (bicyclic) bond motifs is 1. The van der Waals surface area contributed by atoms with E-state index in [2.05, 4.69) is 32.9 Å². The van der Waals surface area contributed by atoms with E-state index in [1.54, 1.807) is 24.3 Å². The fraction of sp³-hybridized carbons (Fsp3) is 0.286. The first-order valence-corrected chi connectivity index (χ1v) is 11.1. The fourth-order valence-corrected chi connectivity index (χ4v) is 4.70. The summed E-state index contributed by atoms with van der Waals surface area (Å²) in [6.07, 6.45) is 9.18. The number of hydrogen-bond acceptors (Lipinski definition) is 2. The molecule has 0 unspecified atom stereocenters. The first kappa shape index (κ1) is 21.9. The number of rotatable bonds is 5. The van der Waals surface area contributed by atoms with Crippen molar-refractivity contribution in [1.29, 1.82) is 0 Å². The summed E-state index contributed by atoms with van der Waals surface area (Å²) in [7, 11) is 0. The van der Waals surface area contributed by atoms with Crippen molar-refractivity contribution in [2.75, 3.05) is 6.54 Å². The zero-order valence-corrected chi connectivity index (χ0v) is 18.8. The van der Waals surface area contributed by atoms with Crippen molar-refractivity contribution in [3.05, 3.63) is 93.8 Å². The smallest absolute Gasteiger partial charge is 0.261 e. The molecule has 1 aliphatic heterocycles. The van der Waals surface area contributed by atoms with Crippen LogP contribution in [-0.2, 0) is 0 Å². The SMILES string of the molecule is CC1=C(/C=C/c2cccc(/C=C(/F)CN3C(=O)c4ccccc4C3=O)c2)C(C)(C)CCC1. The van der Waals surface area contributed by atoms with Crippen molar-refractivity contribution in [3.63, 3.8) is 0 Å². The molecule has 0 N–H and O–H groups in total. The first-order chi connectivity index (χ1) is 15.3. The van der Waals surface area contributed by atoms with E-state index in [0.29, 0.717) is 16.7 Å². The second kappa shape index (κ2) is 8.70. The Labute approximate surface area is 188 Å². The number of benzene rings is 2. The molecule has 0 radical (unpaired) electrons. The van der Waals surface area contributed by atoms with E-state index in [1.165, 1.54) is 30.1 Å². The zero-order valence-electron chi connectivity index (χ0n) is 18.8. The second-order valence-corrected chi connectivity index (χ2v) is 9.27. The lowest BCUT2D eigenvalue weighted by Gasteiger charge is -2.32. The van der Waals surface area contributed by atoms with Crippen LogP contribution in [0.5, 0.6) is 0 Å². The van der Waals surface area contributed by atoms with Gasteiger partial charge in [-0.15, -0.1) is 0 Å². The lowest BCUT2D eigenvalue weighted by molar-refractivity contribution is 0.0660. The Hall–Kier alpha value is -3.27. The molecule has 2 aliphatic rings. The quantitative estimate of drug-likeness (QED) is 0.488. The normalized spacial score (nSPS) is 18.6. The van der Waals surface area contributed by atoms with Gasteiger partial charge in [-0.25, -0.2) is 4.39 Å². The van der Waals surface area contributed by atoms with Gasteiger partial charge in [0.1, 0.15) is 5.83 Å². The van der Waals surface area contributed by atoms with Crippen molar-refractivity contribution in [1.82, 2.24) is 4.90 Å². The van der Waals surface area contributed by atoms with Crippen LogP contribution in [-0.4, -0.2) is 23.3 Å². The van der Waals surface area contributed by atoms with Gasteiger partial charge in [0.2, 0.25) is 0 Å². The van der Waals surface area contributed by atoms with Gasteiger partial charge in [-0.05, 0) is 72.6 Å². The number of halogens is 1.